The van der Waals surface area contributed by atoms with Crippen LogP contribution in [-0.2, 0) is 15.9 Å². The first-order valence-electron chi connectivity index (χ1n) is 14.3. The summed E-state index contributed by atoms with van der Waals surface area (Å²) in [4.78, 5) is 29.0. The monoisotopic (exact) mass is 581 g/mol. The molecule has 0 spiro atoms. The summed E-state index contributed by atoms with van der Waals surface area (Å²) in [6.07, 6.45) is 2.81. The first-order valence-corrected chi connectivity index (χ1v) is 14.3. The van der Waals surface area contributed by atoms with E-state index in [0.717, 1.165) is 27.5 Å². The Hall–Kier alpha value is -5.53. The van der Waals surface area contributed by atoms with Gasteiger partial charge in [-0.15, -0.1) is 0 Å². The van der Waals surface area contributed by atoms with Crippen molar-refractivity contribution in [2.45, 2.75) is 17.6 Å². The molecule has 0 radical (unpaired) electrons. The zero-order chi connectivity index (χ0) is 30.7. The SMILES string of the molecule is CNC(=O)c1ccc2cc([C@@](O)(CC(=O)O)c3cn(C(c4ccccc4)(c4ccccc4)c4ccccc4)cn3)ccc2c1. The van der Waals surface area contributed by atoms with Crippen LogP contribution >= 0.6 is 0 Å². The molecule has 1 aromatic heterocycles. The molecule has 5 aromatic carbocycles. The molecule has 0 aliphatic carbocycles. The molecule has 1 amide bonds. The van der Waals surface area contributed by atoms with Gasteiger partial charge in [-0.1, -0.05) is 109 Å². The van der Waals surface area contributed by atoms with Crippen molar-refractivity contribution >= 4 is 22.6 Å². The summed E-state index contributed by atoms with van der Waals surface area (Å²) in [5.74, 6) is -1.37. The van der Waals surface area contributed by atoms with E-state index in [4.69, 9.17) is 0 Å². The molecule has 1 heterocycles. The lowest BCUT2D eigenvalue weighted by atomic mass is 9.76. The van der Waals surface area contributed by atoms with Gasteiger partial charge in [0.1, 0.15) is 11.1 Å². The molecule has 0 aliphatic rings. The molecule has 7 nitrogen and oxygen atoms in total. The predicted octanol–water partition coefficient (Wildman–Crippen LogP) is 5.95. The van der Waals surface area contributed by atoms with Crippen molar-refractivity contribution in [3.8, 4) is 0 Å². The minimum absolute atomic E-state index is 0.202. The Kier molecular flexibility index (Phi) is 7.55. The highest BCUT2D eigenvalue weighted by Gasteiger charge is 2.42. The van der Waals surface area contributed by atoms with Gasteiger partial charge in [0, 0.05) is 18.8 Å². The average Bonchev–Trinajstić information content (AvgIpc) is 3.57. The number of benzene rings is 5. The number of hydrogen-bond donors (Lipinski definition) is 3. The minimum Gasteiger partial charge on any atom is -0.481 e. The van der Waals surface area contributed by atoms with Crippen molar-refractivity contribution in [3.05, 3.63) is 173 Å². The van der Waals surface area contributed by atoms with Crippen LogP contribution in [0.25, 0.3) is 10.8 Å². The van der Waals surface area contributed by atoms with Gasteiger partial charge in [0.15, 0.2) is 0 Å². The standard InChI is InChI=1S/C37H31N3O4/c1-38-35(43)28-18-17-27-22-32(20-19-26(27)21-28)36(44,23-34(41)42)33-24-40(25-39-33)37(29-11-5-2-6-12-29,30-13-7-3-8-14-30)31-15-9-4-10-16-31/h2-22,24-25,44H,23H2,1H3,(H,38,43)(H,41,42)/t36-/m0/s1. The summed E-state index contributed by atoms with van der Waals surface area (Å²) < 4.78 is 1.95. The van der Waals surface area contributed by atoms with E-state index in [-0.39, 0.29) is 11.6 Å². The Morgan fingerprint density at radius 2 is 1.25 bits per heavy atom. The number of fused-ring (bicyclic) bond motifs is 1. The van der Waals surface area contributed by atoms with E-state index >= 15 is 0 Å². The van der Waals surface area contributed by atoms with Crippen molar-refractivity contribution in [3.63, 3.8) is 0 Å². The van der Waals surface area contributed by atoms with Gasteiger partial charge in [0.05, 0.1) is 18.4 Å². The Morgan fingerprint density at radius 3 is 1.77 bits per heavy atom. The van der Waals surface area contributed by atoms with Crippen molar-refractivity contribution < 1.29 is 19.8 Å². The molecule has 0 fully saturated rings. The minimum atomic E-state index is -1.94. The highest BCUT2D eigenvalue weighted by molar-refractivity contribution is 5.98. The van der Waals surface area contributed by atoms with Crippen LogP contribution in [0.15, 0.2) is 140 Å². The number of aliphatic carboxylic acids is 1. The number of carboxylic acid groups (broad SMARTS) is 1. The molecule has 0 saturated carbocycles. The lowest BCUT2D eigenvalue weighted by Crippen LogP contribution is -2.37. The molecule has 3 N–H and O–H groups in total. The number of amides is 1. The molecular formula is C37H31N3O4. The number of carbonyl (C=O) groups excluding carboxylic acids is 1. The Bertz CT molecular complexity index is 1840. The quantitative estimate of drug-likeness (QED) is 0.183. The summed E-state index contributed by atoms with van der Waals surface area (Å²) >= 11 is 0. The number of imidazole rings is 1. The van der Waals surface area contributed by atoms with Gasteiger partial charge in [-0.05, 0) is 51.2 Å². The first-order chi connectivity index (χ1) is 21.4. The summed E-state index contributed by atoms with van der Waals surface area (Å²) in [6, 6.07) is 40.6. The normalized spacial score (nSPS) is 12.9. The third-order valence-electron chi connectivity index (χ3n) is 8.18. The average molecular weight is 582 g/mol. The van der Waals surface area contributed by atoms with E-state index in [9.17, 15) is 19.8 Å². The molecule has 0 bridgehead atoms. The smallest absolute Gasteiger partial charge is 0.307 e. The van der Waals surface area contributed by atoms with Gasteiger partial charge in [-0.2, -0.15) is 0 Å². The number of carboxylic acids is 1. The molecule has 0 unspecified atom stereocenters. The molecule has 0 aliphatic heterocycles. The van der Waals surface area contributed by atoms with Gasteiger partial charge in [-0.3, -0.25) is 9.59 Å². The van der Waals surface area contributed by atoms with Crippen LogP contribution in [0, 0.1) is 0 Å². The maximum Gasteiger partial charge on any atom is 0.307 e. The predicted molar refractivity (Wildman–Crippen MR) is 169 cm³/mol. The van der Waals surface area contributed by atoms with Gasteiger partial charge in [0.25, 0.3) is 5.91 Å². The zero-order valence-corrected chi connectivity index (χ0v) is 24.1. The molecule has 0 saturated heterocycles. The molecule has 218 valence electrons. The molecule has 1 atom stereocenters. The van der Waals surface area contributed by atoms with Gasteiger partial charge >= 0.3 is 5.97 Å². The second kappa shape index (κ2) is 11.6. The number of rotatable bonds is 9. The van der Waals surface area contributed by atoms with E-state index in [2.05, 4.69) is 46.7 Å². The van der Waals surface area contributed by atoms with Gasteiger partial charge < -0.3 is 20.1 Å². The fraction of sp³-hybridized carbons (Fsp3) is 0.108. The van der Waals surface area contributed by atoms with Gasteiger partial charge in [-0.25, -0.2) is 4.98 Å². The van der Waals surface area contributed by atoms with E-state index in [1.807, 2.05) is 59.2 Å². The third kappa shape index (κ3) is 4.93. The number of nitrogens with one attached hydrogen (secondary N) is 1. The Morgan fingerprint density at radius 1 is 0.727 bits per heavy atom. The van der Waals surface area contributed by atoms with Crippen LogP contribution in [0.1, 0.15) is 44.7 Å². The first kappa shape index (κ1) is 28.6. The number of nitrogens with zero attached hydrogens (tertiary/aromatic N) is 2. The van der Waals surface area contributed by atoms with Crippen LogP contribution in [0.4, 0.5) is 0 Å². The van der Waals surface area contributed by atoms with E-state index in [1.165, 1.54) is 0 Å². The number of hydrogen-bond acceptors (Lipinski definition) is 4. The second-order valence-corrected chi connectivity index (χ2v) is 10.8. The topological polar surface area (TPSA) is 104 Å². The fourth-order valence-electron chi connectivity index (χ4n) is 6.05. The van der Waals surface area contributed by atoms with Crippen molar-refractivity contribution in [1.82, 2.24) is 14.9 Å². The van der Waals surface area contributed by atoms with Crippen molar-refractivity contribution in [2.24, 2.45) is 0 Å². The Labute approximate surface area is 255 Å². The maximum atomic E-state index is 12.2. The largest absolute Gasteiger partial charge is 0.481 e. The second-order valence-electron chi connectivity index (χ2n) is 10.8. The van der Waals surface area contributed by atoms with Crippen LogP contribution < -0.4 is 5.32 Å². The van der Waals surface area contributed by atoms with Gasteiger partial charge in [0.2, 0.25) is 0 Å². The molecule has 7 heteroatoms. The summed E-state index contributed by atoms with van der Waals surface area (Å²) in [6.45, 7) is 0. The number of aromatic nitrogens is 2. The third-order valence-corrected chi connectivity index (χ3v) is 8.18. The highest BCUT2D eigenvalue weighted by atomic mass is 16.4. The molecule has 6 aromatic rings. The van der Waals surface area contributed by atoms with E-state index in [1.54, 1.807) is 56.0 Å². The van der Waals surface area contributed by atoms with E-state index in [0.29, 0.717) is 11.1 Å². The van der Waals surface area contributed by atoms with Crippen molar-refractivity contribution in [2.75, 3.05) is 7.05 Å². The number of aliphatic hydroxyl groups is 1. The van der Waals surface area contributed by atoms with E-state index < -0.39 is 23.5 Å². The maximum absolute atomic E-state index is 12.2. The summed E-state index contributed by atoms with van der Waals surface area (Å²) in [5, 5.41) is 26.4. The Balaban J connectivity index is 1.55. The van der Waals surface area contributed by atoms with Crippen molar-refractivity contribution in [1.29, 1.82) is 0 Å². The molecular weight excluding hydrogens is 550 g/mol. The van der Waals surface area contributed by atoms with Crippen LogP contribution in [-0.4, -0.2) is 38.7 Å². The lowest BCUT2D eigenvalue weighted by molar-refractivity contribution is -0.141. The van der Waals surface area contributed by atoms with Crippen LogP contribution in [0.5, 0.6) is 0 Å². The number of carbonyl (C=O) groups is 2. The lowest BCUT2D eigenvalue weighted by Gasteiger charge is -2.37. The highest BCUT2D eigenvalue weighted by Crippen LogP contribution is 2.42. The fourth-order valence-corrected chi connectivity index (χ4v) is 6.05. The summed E-state index contributed by atoms with van der Waals surface area (Å²) in [5.41, 5.74) is 1.19. The summed E-state index contributed by atoms with van der Waals surface area (Å²) in [7, 11) is 1.57. The zero-order valence-electron chi connectivity index (χ0n) is 24.1. The molecule has 44 heavy (non-hydrogen) atoms. The van der Waals surface area contributed by atoms with Crippen LogP contribution in [0.2, 0.25) is 0 Å². The van der Waals surface area contributed by atoms with Crippen LogP contribution in [0.3, 0.4) is 0 Å². The molecule has 6 rings (SSSR count).